The average molecular weight is 246 g/mol. The average Bonchev–Trinajstić information content (AvgIpc) is 2.38. The van der Waals surface area contributed by atoms with Crippen LogP contribution in [0.4, 0.5) is 0 Å². The Bertz CT molecular complexity index is 562. The van der Waals surface area contributed by atoms with Gasteiger partial charge in [-0.05, 0) is 50.8 Å². The fourth-order valence-electron chi connectivity index (χ4n) is 1.86. The van der Waals surface area contributed by atoms with Gasteiger partial charge in [-0.25, -0.2) is 4.98 Å². The Balaban J connectivity index is 3.41. The minimum Gasteiger partial charge on any atom is -0.296 e. The molecule has 0 aliphatic carbocycles. The maximum atomic E-state index is 11.6. The lowest BCUT2D eigenvalue weighted by Gasteiger charge is -2.13. The van der Waals surface area contributed by atoms with Gasteiger partial charge in [0.25, 0.3) is 5.56 Å². The molecule has 18 heavy (non-hydrogen) atoms. The van der Waals surface area contributed by atoms with Gasteiger partial charge in [-0.1, -0.05) is 12.5 Å². The van der Waals surface area contributed by atoms with Crippen molar-refractivity contribution in [1.82, 2.24) is 9.55 Å². The van der Waals surface area contributed by atoms with E-state index in [-0.39, 0.29) is 5.56 Å². The number of hydrogen-bond donors (Lipinski definition) is 0. The summed E-state index contributed by atoms with van der Waals surface area (Å²) in [6.07, 6.45) is 2.61. The quantitative estimate of drug-likeness (QED) is 0.767. The summed E-state index contributed by atoms with van der Waals surface area (Å²) in [5.41, 5.74) is 4.88. The summed E-state index contributed by atoms with van der Waals surface area (Å²) in [7, 11) is 1.76. The second-order valence-corrected chi connectivity index (χ2v) is 4.67. The SMILES string of the molecule is CC/C(C)=C(C)/C(C)=C(/C)c1nccc(=O)n1C. The van der Waals surface area contributed by atoms with Crippen LogP contribution >= 0.6 is 0 Å². The zero-order valence-electron chi connectivity index (χ0n) is 12.2. The Morgan fingerprint density at radius 1 is 1.22 bits per heavy atom. The second kappa shape index (κ2) is 5.80. The van der Waals surface area contributed by atoms with Crippen molar-refractivity contribution in [3.63, 3.8) is 0 Å². The van der Waals surface area contributed by atoms with Gasteiger partial charge in [-0.15, -0.1) is 0 Å². The molecule has 0 aliphatic heterocycles. The monoisotopic (exact) mass is 246 g/mol. The van der Waals surface area contributed by atoms with E-state index in [1.807, 2.05) is 6.92 Å². The van der Waals surface area contributed by atoms with E-state index >= 15 is 0 Å². The van der Waals surface area contributed by atoms with Crippen LogP contribution in [-0.4, -0.2) is 9.55 Å². The third-order valence-electron chi connectivity index (χ3n) is 3.69. The van der Waals surface area contributed by atoms with E-state index in [9.17, 15) is 4.79 Å². The Morgan fingerprint density at radius 3 is 2.39 bits per heavy atom. The lowest BCUT2D eigenvalue weighted by molar-refractivity contribution is 0.800. The molecule has 0 atom stereocenters. The molecule has 3 nitrogen and oxygen atoms in total. The molecule has 1 aromatic rings. The Kier molecular flexibility index (Phi) is 4.65. The third kappa shape index (κ3) is 2.78. The highest BCUT2D eigenvalue weighted by molar-refractivity contribution is 5.66. The molecule has 3 heteroatoms. The Morgan fingerprint density at radius 2 is 1.83 bits per heavy atom. The molecular weight excluding hydrogens is 224 g/mol. The van der Waals surface area contributed by atoms with Crippen LogP contribution in [0, 0.1) is 0 Å². The summed E-state index contributed by atoms with van der Waals surface area (Å²) in [5, 5.41) is 0. The fraction of sp³-hybridized carbons (Fsp3) is 0.467. The van der Waals surface area contributed by atoms with Crippen LogP contribution < -0.4 is 5.56 Å². The van der Waals surface area contributed by atoms with E-state index in [1.54, 1.807) is 17.8 Å². The molecule has 0 unspecified atom stereocenters. The molecule has 0 saturated heterocycles. The predicted octanol–water partition coefficient (Wildman–Crippen LogP) is 3.32. The Labute approximate surface area is 109 Å². The van der Waals surface area contributed by atoms with Gasteiger partial charge in [0.2, 0.25) is 0 Å². The maximum Gasteiger partial charge on any atom is 0.253 e. The first kappa shape index (κ1) is 14.4. The molecular formula is C15H22N2O. The van der Waals surface area contributed by atoms with Crippen LogP contribution in [0.3, 0.4) is 0 Å². The molecule has 0 amide bonds. The number of rotatable bonds is 3. The molecule has 0 spiro atoms. The normalized spacial score (nSPS) is 14.1. The van der Waals surface area contributed by atoms with Gasteiger partial charge in [-0.2, -0.15) is 0 Å². The summed E-state index contributed by atoms with van der Waals surface area (Å²) in [4.78, 5) is 15.9. The molecule has 0 N–H and O–H groups in total. The van der Waals surface area contributed by atoms with Crippen molar-refractivity contribution < 1.29 is 0 Å². The van der Waals surface area contributed by atoms with Crippen molar-refractivity contribution in [2.24, 2.45) is 7.05 Å². The Hall–Kier alpha value is -1.64. The molecule has 1 rings (SSSR count). The molecule has 0 saturated carbocycles. The maximum absolute atomic E-state index is 11.6. The first-order valence-corrected chi connectivity index (χ1v) is 6.26. The van der Waals surface area contributed by atoms with E-state index in [0.717, 1.165) is 17.8 Å². The lowest BCUT2D eigenvalue weighted by atomic mass is 9.98. The van der Waals surface area contributed by atoms with Crippen LogP contribution in [0.2, 0.25) is 0 Å². The van der Waals surface area contributed by atoms with Crippen molar-refractivity contribution in [2.75, 3.05) is 0 Å². The standard InChI is InChI=1S/C15H22N2O/c1-7-10(2)11(3)12(4)13(5)15-16-9-8-14(18)17(15)6/h8-9H,7H2,1-6H3/b11-10+,13-12-. The van der Waals surface area contributed by atoms with Gasteiger partial charge in [0.15, 0.2) is 0 Å². The predicted molar refractivity (Wildman–Crippen MR) is 76.4 cm³/mol. The van der Waals surface area contributed by atoms with Crippen molar-refractivity contribution in [3.05, 3.63) is 45.2 Å². The smallest absolute Gasteiger partial charge is 0.253 e. The number of hydrogen-bond acceptors (Lipinski definition) is 2. The summed E-state index contributed by atoms with van der Waals surface area (Å²) in [6, 6.07) is 1.48. The van der Waals surface area contributed by atoms with Crippen LogP contribution in [-0.2, 0) is 7.05 Å². The van der Waals surface area contributed by atoms with E-state index in [1.165, 1.54) is 22.8 Å². The van der Waals surface area contributed by atoms with Gasteiger partial charge in [-0.3, -0.25) is 9.36 Å². The number of allylic oxidation sites excluding steroid dienone is 4. The number of aromatic nitrogens is 2. The van der Waals surface area contributed by atoms with Gasteiger partial charge in [0.1, 0.15) is 5.82 Å². The minimum atomic E-state index is -0.0269. The topological polar surface area (TPSA) is 34.9 Å². The fourth-order valence-corrected chi connectivity index (χ4v) is 1.86. The summed E-state index contributed by atoms with van der Waals surface area (Å²) in [6.45, 7) is 10.5. The zero-order valence-corrected chi connectivity index (χ0v) is 12.2. The summed E-state index contributed by atoms with van der Waals surface area (Å²) in [5.74, 6) is 0.739. The minimum absolute atomic E-state index is 0.0269. The largest absolute Gasteiger partial charge is 0.296 e. The zero-order chi connectivity index (χ0) is 13.9. The first-order valence-electron chi connectivity index (χ1n) is 6.26. The highest BCUT2D eigenvalue weighted by atomic mass is 16.1. The van der Waals surface area contributed by atoms with Gasteiger partial charge < -0.3 is 0 Å². The van der Waals surface area contributed by atoms with E-state index in [4.69, 9.17) is 0 Å². The molecule has 1 heterocycles. The highest BCUT2D eigenvalue weighted by Crippen LogP contribution is 2.23. The first-order chi connectivity index (χ1) is 8.40. The van der Waals surface area contributed by atoms with Crippen LogP contribution in [0.25, 0.3) is 5.57 Å². The van der Waals surface area contributed by atoms with Gasteiger partial charge in [0, 0.05) is 19.3 Å². The summed E-state index contributed by atoms with van der Waals surface area (Å²) >= 11 is 0. The third-order valence-corrected chi connectivity index (χ3v) is 3.69. The van der Waals surface area contributed by atoms with Crippen LogP contribution in [0.1, 0.15) is 46.9 Å². The molecule has 0 radical (unpaired) electrons. The van der Waals surface area contributed by atoms with E-state index in [2.05, 4.69) is 32.7 Å². The molecule has 0 aromatic carbocycles. The summed E-state index contributed by atoms with van der Waals surface area (Å²) < 4.78 is 1.59. The van der Waals surface area contributed by atoms with Crippen molar-refractivity contribution in [3.8, 4) is 0 Å². The molecule has 0 bridgehead atoms. The van der Waals surface area contributed by atoms with Crippen molar-refractivity contribution in [2.45, 2.75) is 41.0 Å². The van der Waals surface area contributed by atoms with E-state index < -0.39 is 0 Å². The second-order valence-electron chi connectivity index (χ2n) is 4.67. The molecule has 1 aromatic heterocycles. The van der Waals surface area contributed by atoms with Crippen molar-refractivity contribution >= 4 is 5.57 Å². The van der Waals surface area contributed by atoms with Gasteiger partial charge >= 0.3 is 0 Å². The molecule has 0 aliphatic rings. The molecule has 0 fully saturated rings. The lowest BCUT2D eigenvalue weighted by Crippen LogP contribution is -2.20. The van der Waals surface area contributed by atoms with Crippen molar-refractivity contribution in [1.29, 1.82) is 0 Å². The number of nitrogens with zero attached hydrogens (tertiary/aromatic N) is 2. The van der Waals surface area contributed by atoms with Crippen LogP contribution in [0.5, 0.6) is 0 Å². The van der Waals surface area contributed by atoms with Gasteiger partial charge in [0.05, 0.1) is 0 Å². The van der Waals surface area contributed by atoms with E-state index in [0.29, 0.717) is 0 Å². The highest BCUT2D eigenvalue weighted by Gasteiger charge is 2.08. The molecule has 98 valence electrons. The van der Waals surface area contributed by atoms with Crippen LogP contribution in [0.15, 0.2) is 33.8 Å².